The summed E-state index contributed by atoms with van der Waals surface area (Å²) in [7, 11) is -3.42. The molecule has 0 spiro atoms. The Balaban J connectivity index is 1.45. The number of H-pyrrole nitrogens is 2. The number of nitrogens with zero attached hydrogens (tertiary/aromatic N) is 6. The lowest BCUT2D eigenvalue weighted by Crippen LogP contribution is -2.09. The van der Waals surface area contributed by atoms with Crippen LogP contribution in [0.5, 0.6) is 0 Å². The summed E-state index contributed by atoms with van der Waals surface area (Å²) in [4.78, 5) is 25.5. The third kappa shape index (κ3) is 3.95. The number of imidazole rings is 1. The van der Waals surface area contributed by atoms with Crippen LogP contribution in [-0.2, 0) is 10.0 Å². The zero-order chi connectivity index (χ0) is 24.0. The number of sulfonamides is 1. The predicted octanol–water partition coefficient (Wildman–Crippen LogP) is 3.39. The Hall–Kier alpha value is -4.71. The molecule has 6 aromatic rings. The first-order chi connectivity index (χ1) is 16.9. The highest BCUT2D eigenvalue weighted by Gasteiger charge is 2.17. The van der Waals surface area contributed by atoms with Crippen molar-refractivity contribution >= 4 is 37.8 Å². The second-order valence-electron chi connectivity index (χ2n) is 7.91. The Kier molecular flexibility index (Phi) is 4.74. The van der Waals surface area contributed by atoms with Gasteiger partial charge in [0.2, 0.25) is 10.0 Å². The molecule has 0 aliphatic rings. The van der Waals surface area contributed by atoms with Crippen LogP contribution in [0, 0.1) is 0 Å². The topological polar surface area (TPSA) is 155 Å². The van der Waals surface area contributed by atoms with Gasteiger partial charge in [-0.2, -0.15) is 5.10 Å². The van der Waals surface area contributed by atoms with E-state index in [0.717, 1.165) is 39.5 Å². The van der Waals surface area contributed by atoms with Gasteiger partial charge < -0.3 is 4.98 Å². The van der Waals surface area contributed by atoms with Crippen molar-refractivity contribution in [3.05, 3.63) is 67.5 Å². The number of fused-ring (bicyclic) bond motifs is 2. The Morgan fingerprint density at radius 3 is 2.63 bits per heavy atom. The van der Waals surface area contributed by atoms with Crippen LogP contribution in [0.1, 0.15) is 0 Å². The van der Waals surface area contributed by atoms with Gasteiger partial charge in [0, 0.05) is 41.5 Å². The van der Waals surface area contributed by atoms with Crippen molar-refractivity contribution in [2.24, 2.45) is 0 Å². The molecule has 6 heterocycles. The highest BCUT2D eigenvalue weighted by molar-refractivity contribution is 7.92. The minimum Gasteiger partial charge on any atom is -0.335 e. The number of pyridine rings is 4. The molecule has 3 N–H and O–H groups in total. The maximum absolute atomic E-state index is 11.6. The SMILES string of the molecule is CS(=O)(=O)Nc1cncc(-c2cnc3[nH]nc(-c4nc5c(-c6ccccn6)cncc5[nH]4)c3c2)c1. The first-order valence-electron chi connectivity index (χ1n) is 10.5. The molecule has 0 unspecified atom stereocenters. The van der Waals surface area contributed by atoms with Crippen LogP contribution in [0.4, 0.5) is 5.69 Å². The van der Waals surface area contributed by atoms with E-state index in [-0.39, 0.29) is 0 Å². The van der Waals surface area contributed by atoms with Gasteiger partial charge in [-0.25, -0.2) is 18.4 Å². The Labute approximate surface area is 198 Å². The average molecular weight is 484 g/mol. The van der Waals surface area contributed by atoms with Gasteiger partial charge >= 0.3 is 0 Å². The third-order valence-corrected chi connectivity index (χ3v) is 5.96. The smallest absolute Gasteiger partial charge is 0.229 e. The number of anilines is 1. The molecule has 0 aromatic carbocycles. The monoisotopic (exact) mass is 483 g/mol. The van der Waals surface area contributed by atoms with E-state index in [0.29, 0.717) is 28.4 Å². The van der Waals surface area contributed by atoms with Gasteiger partial charge in [-0.3, -0.25) is 24.8 Å². The van der Waals surface area contributed by atoms with Crippen molar-refractivity contribution < 1.29 is 8.42 Å². The Bertz CT molecular complexity index is 1810. The quantitative estimate of drug-likeness (QED) is 0.337. The van der Waals surface area contributed by atoms with E-state index in [1.54, 1.807) is 37.1 Å². The molecule has 12 heteroatoms. The Morgan fingerprint density at radius 1 is 0.943 bits per heavy atom. The minimum atomic E-state index is -3.42. The maximum atomic E-state index is 11.6. The molecular weight excluding hydrogens is 466 g/mol. The van der Waals surface area contributed by atoms with E-state index in [1.165, 1.54) is 6.20 Å². The van der Waals surface area contributed by atoms with Crippen LogP contribution in [0.2, 0.25) is 0 Å². The lowest BCUT2D eigenvalue weighted by atomic mass is 10.1. The standard InChI is InChI=1S/C23H17N9O2S/c1-35(33,34)32-15-6-13(8-24-10-15)14-7-16-21(30-31-22(16)27-9-14)23-28-19-12-25-11-17(20(19)29-23)18-4-2-3-5-26-18/h2-12,32H,1H3,(H,28,29)(H,27,30,31). The summed E-state index contributed by atoms with van der Waals surface area (Å²) in [6.07, 6.45) is 11.0. The molecule has 0 aliphatic carbocycles. The number of nitrogens with one attached hydrogen (secondary N) is 3. The van der Waals surface area contributed by atoms with Gasteiger partial charge in [-0.15, -0.1) is 0 Å². The van der Waals surface area contributed by atoms with E-state index in [9.17, 15) is 8.42 Å². The fourth-order valence-electron chi connectivity index (χ4n) is 3.86. The summed E-state index contributed by atoms with van der Waals surface area (Å²) in [6.45, 7) is 0. The van der Waals surface area contributed by atoms with Crippen LogP contribution < -0.4 is 4.72 Å². The molecule has 0 saturated heterocycles. The summed E-state index contributed by atoms with van der Waals surface area (Å²) in [6, 6.07) is 9.29. The average Bonchev–Trinajstić information content (AvgIpc) is 3.47. The molecular formula is C23H17N9O2S. The van der Waals surface area contributed by atoms with Crippen LogP contribution in [-0.4, -0.2) is 54.8 Å². The van der Waals surface area contributed by atoms with Crippen molar-refractivity contribution in [3.8, 4) is 33.9 Å². The zero-order valence-electron chi connectivity index (χ0n) is 18.3. The molecule has 0 bridgehead atoms. The normalized spacial score (nSPS) is 11.8. The zero-order valence-corrected chi connectivity index (χ0v) is 19.1. The molecule has 0 radical (unpaired) electrons. The largest absolute Gasteiger partial charge is 0.335 e. The summed E-state index contributed by atoms with van der Waals surface area (Å²) in [5.41, 5.74) is 6.07. The summed E-state index contributed by atoms with van der Waals surface area (Å²) in [5, 5.41) is 8.13. The molecule has 0 fully saturated rings. The highest BCUT2D eigenvalue weighted by Crippen LogP contribution is 2.31. The van der Waals surface area contributed by atoms with Gasteiger partial charge in [0.25, 0.3) is 0 Å². The van der Waals surface area contributed by atoms with Crippen molar-refractivity contribution in [2.75, 3.05) is 11.0 Å². The molecule has 0 aliphatic heterocycles. The van der Waals surface area contributed by atoms with Gasteiger partial charge in [0.1, 0.15) is 11.2 Å². The Morgan fingerprint density at radius 2 is 1.80 bits per heavy atom. The molecule has 0 saturated carbocycles. The van der Waals surface area contributed by atoms with Crippen LogP contribution in [0.25, 0.3) is 56.0 Å². The number of aromatic nitrogens is 8. The van der Waals surface area contributed by atoms with Crippen molar-refractivity contribution in [2.45, 2.75) is 0 Å². The second kappa shape index (κ2) is 7.95. The summed E-state index contributed by atoms with van der Waals surface area (Å²) >= 11 is 0. The predicted molar refractivity (Wildman–Crippen MR) is 132 cm³/mol. The number of aromatic amines is 2. The van der Waals surface area contributed by atoms with E-state index >= 15 is 0 Å². The van der Waals surface area contributed by atoms with Gasteiger partial charge in [0.05, 0.1) is 40.9 Å². The molecule has 35 heavy (non-hydrogen) atoms. The number of hydrogen-bond acceptors (Lipinski definition) is 8. The summed E-state index contributed by atoms with van der Waals surface area (Å²) < 4.78 is 25.6. The number of rotatable bonds is 5. The van der Waals surface area contributed by atoms with Crippen LogP contribution in [0.3, 0.4) is 0 Å². The first kappa shape index (κ1) is 20.9. The molecule has 172 valence electrons. The lowest BCUT2D eigenvalue weighted by molar-refractivity contribution is 0.607. The fraction of sp³-hybridized carbons (Fsp3) is 0.0435. The van der Waals surface area contributed by atoms with Gasteiger partial charge in [0.15, 0.2) is 11.5 Å². The molecule has 0 atom stereocenters. The van der Waals surface area contributed by atoms with Crippen LogP contribution >= 0.6 is 0 Å². The molecule has 0 amide bonds. The van der Waals surface area contributed by atoms with E-state index in [4.69, 9.17) is 4.98 Å². The maximum Gasteiger partial charge on any atom is 0.229 e. The van der Waals surface area contributed by atoms with E-state index in [2.05, 4.69) is 39.8 Å². The molecule has 11 nitrogen and oxygen atoms in total. The third-order valence-electron chi connectivity index (χ3n) is 5.35. The molecule has 6 rings (SSSR count). The lowest BCUT2D eigenvalue weighted by Gasteiger charge is -2.06. The van der Waals surface area contributed by atoms with Crippen molar-refractivity contribution in [1.29, 1.82) is 0 Å². The van der Waals surface area contributed by atoms with Crippen LogP contribution in [0.15, 0.2) is 67.5 Å². The van der Waals surface area contributed by atoms with Gasteiger partial charge in [-0.05, 0) is 24.3 Å². The fourth-order valence-corrected chi connectivity index (χ4v) is 4.40. The second-order valence-corrected chi connectivity index (χ2v) is 9.66. The highest BCUT2D eigenvalue weighted by atomic mass is 32.2. The van der Waals surface area contributed by atoms with E-state index in [1.807, 2.05) is 24.3 Å². The molecule has 6 aromatic heterocycles. The summed E-state index contributed by atoms with van der Waals surface area (Å²) in [5.74, 6) is 0.556. The van der Waals surface area contributed by atoms with Crippen molar-refractivity contribution in [1.82, 2.24) is 40.1 Å². The van der Waals surface area contributed by atoms with Gasteiger partial charge in [-0.1, -0.05) is 6.07 Å². The minimum absolute atomic E-state index is 0.365. The van der Waals surface area contributed by atoms with E-state index < -0.39 is 10.0 Å². The first-order valence-corrected chi connectivity index (χ1v) is 12.4. The van der Waals surface area contributed by atoms with Crippen molar-refractivity contribution in [3.63, 3.8) is 0 Å². The number of hydrogen-bond donors (Lipinski definition) is 3.